The fourth-order valence-corrected chi connectivity index (χ4v) is 2.97. The van der Waals surface area contributed by atoms with Crippen LogP contribution in [-0.2, 0) is 4.74 Å². The quantitative estimate of drug-likeness (QED) is 0.870. The van der Waals surface area contributed by atoms with E-state index in [-0.39, 0.29) is 6.04 Å². The normalized spacial score (nSPS) is 25.5. The first-order valence-corrected chi connectivity index (χ1v) is 7.23. The minimum Gasteiger partial charge on any atom is -0.381 e. The van der Waals surface area contributed by atoms with E-state index in [0.717, 1.165) is 63.5 Å². The first kappa shape index (κ1) is 12.8. The summed E-state index contributed by atoms with van der Waals surface area (Å²) in [5.41, 5.74) is 7.20. The molecule has 5 heteroatoms. The number of anilines is 1. The lowest BCUT2D eigenvalue weighted by Gasteiger charge is -2.32. The van der Waals surface area contributed by atoms with Crippen molar-refractivity contribution in [1.29, 1.82) is 0 Å². The van der Waals surface area contributed by atoms with E-state index in [0.29, 0.717) is 5.92 Å². The van der Waals surface area contributed by atoms with Gasteiger partial charge in [0, 0.05) is 50.0 Å². The largest absolute Gasteiger partial charge is 0.381 e. The van der Waals surface area contributed by atoms with E-state index in [1.807, 2.05) is 0 Å². The standard InChI is InChI=1S/C14H22N4O/c15-12-2-1-5-18(9-12)14-8-13(16-10-17-14)11-3-6-19-7-4-11/h8,10-12H,1-7,9,15H2. The fraction of sp³-hybridized carbons (Fsp3) is 0.714. The molecule has 2 saturated heterocycles. The molecule has 0 saturated carbocycles. The van der Waals surface area contributed by atoms with Crippen LogP contribution >= 0.6 is 0 Å². The molecule has 3 heterocycles. The Morgan fingerprint density at radius 1 is 1.21 bits per heavy atom. The van der Waals surface area contributed by atoms with Gasteiger partial charge in [0.1, 0.15) is 12.1 Å². The smallest absolute Gasteiger partial charge is 0.132 e. The summed E-state index contributed by atoms with van der Waals surface area (Å²) >= 11 is 0. The lowest BCUT2D eigenvalue weighted by atomic mass is 9.96. The van der Waals surface area contributed by atoms with Crippen LogP contribution in [0.5, 0.6) is 0 Å². The molecule has 2 fully saturated rings. The molecule has 0 spiro atoms. The summed E-state index contributed by atoms with van der Waals surface area (Å²) in [6.07, 6.45) is 6.10. The van der Waals surface area contributed by atoms with E-state index in [9.17, 15) is 0 Å². The van der Waals surface area contributed by atoms with Gasteiger partial charge >= 0.3 is 0 Å². The minimum absolute atomic E-state index is 0.273. The molecule has 2 aliphatic rings. The summed E-state index contributed by atoms with van der Waals surface area (Å²) < 4.78 is 5.41. The van der Waals surface area contributed by atoms with Gasteiger partial charge < -0.3 is 15.4 Å². The summed E-state index contributed by atoms with van der Waals surface area (Å²) in [5, 5.41) is 0. The highest BCUT2D eigenvalue weighted by Gasteiger charge is 2.21. The lowest BCUT2D eigenvalue weighted by Crippen LogP contribution is -2.43. The van der Waals surface area contributed by atoms with Crippen molar-refractivity contribution in [2.45, 2.75) is 37.6 Å². The molecule has 1 atom stereocenters. The molecule has 5 nitrogen and oxygen atoms in total. The highest BCUT2D eigenvalue weighted by Crippen LogP contribution is 2.27. The first-order chi connectivity index (χ1) is 9.33. The molecular weight excluding hydrogens is 240 g/mol. The molecule has 104 valence electrons. The van der Waals surface area contributed by atoms with E-state index < -0.39 is 0 Å². The third-order valence-electron chi connectivity index (χ3n) is 4.10. The van der Waals surface area contributed by atoms with Crippen molar-refractivity contribution in [2.24, 2.45) is 5.73 Å². The van der Waals surface area contributed by atoms with Crippen LogP contribution in [0.1, 0.15) is 37.3 Å². The van der Waals surface area contributed by atoms with Crippen LogP contribution < -0.4 is 10.6 Å². The van der Waals surface area contributed by atoms with Crippen molar-refractivity contribution >= 4 is 5.82 Å². The van der Waals surface area contributed by atoms with Gasteiger partial charge in [-0.15, -0.1) is 0 Å². The summed E-state index contributed by atoms with van der Waals surface area (Å²) in [6.45, 7) is 3.65. The second kappa shape index (κ2) is 5.84. The third kappa shape index (κ3) is 3.04. The van der Waals surface area contributed by atoms with Crippen molar-refractivity contribution in [2.75, 3.05) is 31.2 Å². The summed E-state index contributed by atoms with van der Waals surface area (Å²) in [5.74, 6) is 1.56. The maximum atomic E-state index is 6.04. The number of piperidine rings is 1. The zero-order valence-electron chi connectivity index (χ0n) is 11.3. The van der Waals surface area contributed by atoms with Crippen molar-refractivity contribution < 1.29 is 4.74 Å². The van der Waals surface area contributed by atoms with E-state index in [2.05, 4.69) is 20.9 Å². The molecule has 1 unspecified atom stereocenters. The predicted octanol–water partition coefficient (Wildman–Crippen LogP) is 1.30. The second-order valence-corrected chi connectivity index (χ2v) is 5.54. The van der Waals surface area contributed by atoms with Crippen LogP contribution in [0.2, 0.25) is 0 Å². The Bertz CT molecular complexity index is 420. The number of hydrogen-bond acceptors (Lipinski definition) is 5. The van der Waals surface area contributed by atoms with Crippen molar-refractivity contribution in [1.82, 2.24) is 9.97 Å². The van der Waals surface area contributed by atoms with Gasteiger partial charge in [-0.3, -0.25) is 0 Å². The molecule has 0 radical (unpaired) electrons. The zero-order chi connectivity index (χ0) is 13.1. The highest BCUT2D eigenvalue weighted by molar-refractivity contribution is 5.40. The molecule has 0 aliphatic carbocycles. The average Bonchev–Trinajstić information content (AvgIpc) is 2.48. The Labute approximate surface area is 114 Å². The Morgan fingerprint density at radius 3 is 2.84 bits per heavy atom. The van der Waals surface area contributed by atoms with Crippen LogP contribution in [0.4, 0.5) is 5.82 Å². The fourth-order valence-electron chi connectivity index (χ4n) is 2.97. The van der Waals surface area contributed by atoms with Gasteiger partial charge in [0.2, 0.25) is 0 Å². The van der Waals surface area contributed by atoms with Gasteiger partial charge in [-0.25, -0.2) is 9.97 Å². The van der Waals surface area contributed by atoms with Gasteiger partial charge in [0.25, 0.3) is 0 Å². The van der Waals surface area contributed by atoms with Crippen molar-refractivity contribution in [3.05, 3.63) is 18.1 Å². The van der Waals surface area contributed by atoms with Crippen molar-refractivity contribution in [3.63, 3.8) is 0 Å². The molecule has 2 aliphatic heterocycles. The molecular formula is C14H22N4O. The predicted molar refractivity (Wildman–Crippen MR) is 74.2 cm³/mol. The number of nitrogens with zero attached hydrogens (tertiary/aromatic N) is 3. The Kier molecular flexibility index (Phi) is 3.94. The van der Waals surface area contributed by atoms with Gasteiger partial charge in [-0.1, -0.05) is 0 Å². The van der Waals surface area contributed by atoms with E-state index >= 15 is 0 Å². The minimum atomic E-state index is 0.273. The average molecular weight is 262 g/mol. The van der Waals surface area contributed by atoms with Crippen LogP contribution in [-0.4, -0.2) is 42.3 Å². The van der Waals surface area contributed by atoms with Gasteiger partial charge in [-0.2, -0.15) is 0 Å². The molecule has 0 amide bonds. The number of nitrogens with two attached hydrogens (primary N) is 1. The van der Waals surface area contributed by atoms with E-state index in [4.69, 9.17) is 10.5 Å². The van der Waals surface area contributed by atoms with Crippen molar-refractivity contribution in [3.8, 4) is 0 Å². The zero-order valence-corrected chi connectivity index (χ0v) is 11.3. The number of aromatic nitrogens is 2. The molecule has 1 aromatic heterocycles. The Hall–Kier alpha value is -1.20. The van der Waals surface area contributed by atoms with Gasteiger partial charge in [-0.05, 0) is 25.7 Å². The summed E-state index contributed by atoms with van der Waals surface area (Å²) in [7, 11) is 0. The van der Waals surface area contributed by atoms with Crippen LogP contribution in [0.3, 0.4) is 0 Å². The SMILES string of the molecule is NC1CCCN(c2cc(C3CCOCC3)ncn2)C1. The second-order valence-electron chi connectivity index (χ2n) is 5.54. The van der Waals surface area contributed by atoms with Gasteiger partial charge in [0.15, 0.2) is 0 Å². The third-order valence-corrected chi connectivity index (χ3v) is 4.10. The molecule has 2 N–H and O–H groups in total. The maximum Gasteiger partial charge on any atom is 0.132 e. The number of ether oxygens (including phenoxy) is 1. The van der Waals surface area contributed by atoms with Crippen LogP contribution in [0, 0.1) is 0 Å². The molecule has 1 aromatic rings. The maximum absolute atomic E-state index is 6.04. The van der Waals surface area contributed by atoms with E-state index in [1.165, 1.54) is 0 Å². The first-order valence-electron chi connectivity index (χ1n) is 7.23. The Morgan fingerprint density at radius 2 is 2.05 bits per heavy atom. The summed E-state index contributed by atoms with van der Waals surface area (Å²) in [4.78, 5) is 11.2. The van der Waals surface area contributed by atoms with Crippen LogP contribution in [0.25, 0.3) is 0 Å². The summed E-state index contributed by atoms with van der Waals surface area (Å²) in [6, 6.07) is 2.42. The lowest BCUT2D eigenvalue weighted by molar-refractivity contribution is 0.0845. The highest BCUT2D eigenvalue weighted by atomic mass is 16.5. The molecule has 3 rings (SSSR count). The monoisotopic (exact) mass is 262 g/mol. The number of hydrogen-bond donors (Lipinski definition) is 1. The topological polar surface area (TPSA) is 64.3 Å². The number of rotatable bonds is 2. The molecule has 0 aromatic carbocycles. The Balaban J connectivity index is 1.75. The van der Waals surface area contributed by atoms with Gasteiger partial charge in [0.05, 0.1) is 0 Å². The molecule has 19 heavy (non-hydrogen) atoms. The molecule has 0 bridgehead atoms. The van der Waals surface area contributed by atoms with Crippen LogP contribution in [0.15, 0.2) is 12.4 Å². The van der Waals surface area contributed by atoms with E-state index in [1.54, 1.807) is 6.33 Å².